The Hall–Kier alpha value is -3.13. The SMILES string of the molecule is c1ccc(-c2noc3c2ccc2ccc4ccccc4c23)cc1. The normalized spacial score (nSPS) is 11.5. The fourth-order valence-electron chi connectivity index (χ4n) is 3.29. The van der Waals surface area contributed by atoms with Gasteiger partial charge in [-0.25, -0.2) is 0 Å². The molecule has 0 saturated carbocycles. The highest BCUT2D eigenvalue weighted by Gasteiger charge is 2.14. The summed E-state index contributed by atoms with van der Waals surface area (Å²) in [5.41, 5.74) is 2.83. The minimum atomic E-state index is 0.859. The maximum absolute atomic E-state index is 5.77. The van der Waals surface area contributed by atoms with E-state index in [1.54, 1.807) is 0 Å². The predicted octanol–water partition coefficient (Wildman–Crippen LogP) is 5.80. The van der Waals surface area contributed by atoms with Crippen molar-refractivity contribution in [3.8, 4) is 11.3 Å². The number of nitrogens with zero attached hydrogens (tertiary/aromatic N) is 1. The van der Waals surface area contributed by atoms with Crippen LogP contribution in [0.25, 0.3) is 43.8 Å². The molecule has 0 radical (unpaired) electrons. The van der Waals surface area contributed by atoms with E-state index in [0.29, 0.717) is 0 Å². The minimum absolute atomic E-state index is 0.859. The van der Waals surface area contributed by atoms with Gasteiger partial charge in [-0.1, -0.05) is 78.0 Å². The van der Waals surface area contributed by atoms with Crippen molar-refractivity contribution in [1.29, 1.82) is 0 Å². The summed E-state index contributed by atoms with van der Waals surface area (Å²) in [5, 5.41) is 10.1. The largest absolute Gasteiger partial charge is 0.355 e. The number of hydrogen-bond donors (Lipinski definition) is 0. The second-order valence-electron chi connectivity index (χ2n) is 5.72. The average molecular weight is 295 g/mol. The Balaban J connectivity index is 1.94. The standard InChI is InChI=1S/C21H13NO/c1-2-7-16(8-3-1)20-18-13-12-15-11-10-14-6-4-5-9-17(14)19(15)21(18)23-22-20/h1-13H. The van der Waals surface area contributed by atoms with Crippen LogP contribution in [0, 0.1) is 0 Å². The summed E-state index contributed by atoms with van der Waals surface area (Å²) < 4.78 is 5.77. The highest BCUT2D eigenvalue weighted by Crippen LogP contribution is 2.36. The third-order valence-electron chi connectivity index (χ3n) is 4.39. The molecule has 0 bridgehead atoms. The first-order chi connectivity index (χ1) is 11.4. The van der Waals surface area contributed by atoms with Gasteiger partial charge in [0.15, 0.2) is 5.58 Å². The predicted molar refractivity (Wildman–Crippen MR) is 94.5 cm³/mol. The maximum atomic E-state index is 5.77. The molecule has 0 aliphatic rings. The Labute approximate surface area is 132 Å². The van der Waals surface area contributed by atoms with Crippen LogP contribution >= 0.6 is 0 Å². The summed E-state index contributed by atoms with van der Waals surface area (Å²) in [6.07, 6.45) is 0. The zero-order valence-electron chi connectivity index (χ0n) is 12.4. The molecule has 1 heterocycles. The molecule has 23 heavy (non-hydrogen) atoms. The molecule has 0 spiro atoms. The second kappa shape index (κ2) is 4.68. The Morgan fingerprint density at radius 3 is 2.26 bits per heavy atom. The van der Waals surface area contributed by atoms with Crippen LogP contribution < -0.4 is 0 Å². The first kappa shape index (κ1) is 12.4. The summed E-state index contributed by atoms with van der Waals surface area (Å²) in [6.45, 7) is 0. The van der Waals surface area contributed by atoms with E-state index in [0.717, 1.165) is 27.6 Å². The van der Waals surface area contributed by atoms with Crippen LogP contribution in [0.15, 0.2) is 83.4 Å². The zero-order chi connectivity index (χ0) is 15.2. The highest BCUT2D eigenvalue weighted by atomic mass is 16.5. The van der Waals surface area contributed by atoms with E-state index in [1.807, 2.05) is 18.2 Å². The third-order valence-corrected chi connectivity index (χ3v) is 4.39. The van der Waals surface area contributed by atoms with E-state index in [4.69, 9.17) is 4.52 Å². The number of aromatic nitrogens is 1. The number of benzene rings is 4. The monoisotopic (exact) mass is 295 g/mol. The van der Waals surface area contributed by atoms with Crippen molar-refractivity contribution in [3.63, 3.8) is 0 Å². The van der Waals surface area contributed by atoms with Crippen LogP contribution in [0.3, 0.4) is 0 Å². The molecule has 0 unspecified atom stereocenters. The van der Waals surface area contributed by atoms with Gasteiger partial charge in [0.25, 0.3) is 0 Å². The topological polar surface area (TPSA) is 26.0 Å². The lowest BCUT2D eigenvalue weighted by Gasteiger charge is -2.04. The Morgan fingerprint density at radius 1 is 0.609 bits per heavy atom. The van der Waals surface area contributed by atoms with E-state index in [1.165, 1.54) is 16.2 Å². The van der Waals surface area contributed by atoms with Gasteiger partial charge < -0.3 is 4.52 Å². The quantitative estimate of drug-likeness (QED) is 0.365. The van der Waals surface area contributed by atoms with Gasteiger partial charge >= 0.3 is 0 Å². The molecule has 2 nitrogen and oxygen atoms in total. The molecule has 0 N–H and O–H groups in total. The van der Waals surface area contributed by atoms with Crippen molar-refractivity contribution in [1.82, 2.24) is 5.16 Å². The second-order valence-corrected chi connectivity index (χ2v) is 5.72. The van der Waals surface area contributed by atoms with E-state index in [9.17, 15) is 0 Å². The van der Waals surface area contributed by atoms with Crippen molar-refractivity contribution in [2.75, 3.05) is 0 Å². The lowest BCUT2D eigenvalue weighted by molar-refractivity contribution is 0.462. The average Bonchev–Trinajstić information content (AvgIpc) is 3.06. The molecule has 1 aromatic heterocycles. The van der Waals surface area contributed by atoms with Crippen LogP contribution in [-0.2, 0) is 0 Å². The Kier molecular flexibility index (Phi) is 2.53. The maximum Gasteiger partial charge on any atom is 0.175 e. The first-order valence-electron chi connectivity index (χ1n) is 7.67. The van der Waals surface area contributed by atoms with E-state index < -0.39 is 0 Å². The van der Waals surface area contributed by atoms with E-state index >= 15 is 0 Å². The Bertz CT molecular complexity index is 1160. The van der Waals surface area contributed by atoms with Crippen molar-refractivity contribution in [3.05, 3.63) is 78.9 Å². The molecule has 0 amide bonds. The van der Waals surface area contributed by atoms with Crippen LogP contribution in [0.5, 0.6) is 0 Å². The van der Waals surface area contributed by atoms with Crippen molar-refractivity contribution in [2.24, 2.45) is 0 Å². The van der Waals surface area contributed by atoms with Gasteiger partial charge in [-0.15, -0.1) is 0 Å². The van der Waals surface area contributed by atoms with Crippen molar-refractivity contribution in [2.45, 2.75) is 0 Å². The lowest BCUT2D eigenvalue weighted by Crippen LogP contribution is -1.80. The molecule has 4 aromatic carbocycles. The summed E-state index contributed by atoms with van der Waals surface area (Å²) >= 11 is 0. The van der Waals surface area contributed by atoms with Gasteiger partial charge in [0.2, 0.25) is 0 Å². The summed E-state index contributed by atoms with van der Waals surface area (Å²) in [6, 6.07) is 27.1. The van der Waals surface area contributed by atoms with Crippen LogP contribution in [0.4, 0.5) is 0 Å². The van der Waals surface area contributed by atoms with Crippen molar-refractivity contribution >= 4 is 32.5 Å². The summed E-state index contributed by atoms with van der Waals surface area (Å²) in [5.74, 6) is 0. The van der Waals surface area contributed by atoms with Crippen LogP contribution in [-0.4, -0.2) is 5.16 Å². The van der Waals surface area contributed by atoms with Gasteiger partial charge in [0.1, 0.15) is 5.69 Å². The van der Waals surface area contributed by atoms with Gasteiger partial charge in [0, 0.05) is 10.9 Å². The van der Waals surface area contributed by atoms with Gasteiger partial charge in [-0.2, -0.15) is 0 Å². The van der Waals surface area contributed by atoms with Gasteiger partial charge in [0.05, 0.1) is 5.39 Å². The molecular formula is C21H13NO. The van der Waals surface area contributed by atoms with E-state index in [-0.39, 0.29) is 0 Å². The van der Waals surface area contributed by atoms with Crippen LogP contribution in [0.1, 0.15) is 0 Å². The first-order valence-corrected chi connectivity index (χ1v) is 7.67. The number of rotatable bonds is 1. The Morgan fingerprint density at radius 2 is 1.35 bits per heavy atom. The van der Waals surface area contributed by atoms with Crippen molar-refractivity contribution < 1.29 is 4.52 Å². The minimum Gasteiger partial charge on any atom is -0.355 e. The van der Waals surface area contributed by atoms with Gasteiger partial charge in [-0.05, 0) is 22.2 Å². The van der Waals surface area contributed by atoms with Gasteiger partial charge in [-0.3, -0.25) is 0 Å². The zero-order valence-corrected chi connectivity index (χ0v) is 12.4. The molecule has 0 fully saturated rings. The van der Waals surface area contributed by atoms with Crippen LogP contribution in [0.2, 0.25) is 0 Å². The van der Waals surface area contributed by atoms with E-state index in [2.05, 4.69) is 65.8 Å². The summed E-state index contributed by atoms with van der Waals surface area (Å²) in [4.78, 5) is 0. The molecule has 5 aromatic rings. The molecule has 0 aliphatic heterocycles. The third kappa shape index (κ3) is 1.78. The lowest BCUT2D eigenvalue weighted by atomic mass is 9.99. The molecular weight excluding hydrogens is 282 g/mol. The summed E-state index contributed by atoms with van der Waals surface area (Å²) in [7, 11) is 0. The molecule has 0 atom stereocenters. The fourth-order valence-corrected chi connectivity index (χ4v) is 3.29. The molecule has 0 aliphatic carbocycles. The highest BCUT2D eigenvalue weighted by molar-refractivity contribution is 6.19. The smallest absolute Gasteiger partial charge is 0.175 e. The number of fused-ring (bicyclic) bond motifs is 5. The fraction of sp³-hybridized carbons (Fsp3) is 0. The molecule has 5 rings (SSSR count). The molecule has 0 saturated heterocycles. The molecule has 2 heteroatoms. The number of hydrogen-bond acceptors (Lipinski definition) is 2. The molecule has 108 valence electrons.